The standard InChI is InChI=1S/C12H14N2S/c13-9-10-2-1-3-12(8-10)14-11-4-6-15-7-5-11/h1-3,8,11,14H,4-7H2. The van der Waals surface area contributed by atoms with Gasteiger partial charge in [-0.3, -0.25) is 0 Å². The van der Waals surface area contributed by atoms with Crippen molar-refractivity contribution in [1.82, 2.24) is 0 Å². The van der Waals surface area contributed by atoms with Crippen LogP contribution in [-0.2, 0) is 0 Å². The van der Waals surface area contributed by atoms with E-state index in [2.05, 4.69) is 11.4 Å². The Balaban J connectivity index is 2.00. The van der Waals surface area contributed by atoms with E-state index in [0.717, 1.165) is 11.3 Å². The maximum Gasteiger partial charge on any atom is 0.0992 e. The van der Waals surface area contributed by atoms with Crippen LogP contribution in [0, 0.1) is 11.3 Å². The molecule has 3 heteroatoms. The van der Waals surface area contributed by atoms with Crippen LogP contribution < -0.4 is 5.32 Å². The second-order valence-corrected chi connectivity index (χ2v) is 4.95. The van der Waals surface area contributed by atoms with Gasteiger partial charge in [-0.15, -0.1) is 0 Å². The molecule has 0 aromatic heterocycles. The molecule has 0 unspecified atom stereocenters. The maximum atomic E-state index is 8.79. The zero-order valence-electron chi connectivity index (χ0n) is 8.57. The summed E-state index contributed by atoms with van der Waals surface area (Å²) in [6.07, 6.45) is 2.45. The first-order valence-corrected chi connectivity index (χ1v) is 6.38. The van der Waals surface area contributed by atoms with Crippen molar-refractivity contribution in [2.45, 2.75) is 18.9 Å². The van der Waals surface area contributed by atoms with E-state index in [1.807, 2.05) is 36.0 Å². The van der Waals surface area contributed by atoms with Crippen molar-refractivity contribution in [3.8, 4) is 6.07 Å². The highest BCUT2D eigenvalue weighted by atomic mass is 32.2. The SMILES string of the molecule is N#Cc1cccc(NC2CCSCC2)c1. The number of hydrogen-bond donors (Lipinski definition) is 1. The summed E-state index contributed by atoms with van der Waals surface area (Å²) in [5.74, 6) is 2.49. The summed E-state index contributed by atoms with van der Waals surface area (Å²) in [7, 11) is 0. The minimum Gasteiger partial charge on any atom is -0.382 e. The van der Waals surface area contributed by atoms with E-state index in [1.165, 1.54) is 24.3 Å². The molecule has 2 rings (SSSR count). The molecule has 2 nitrogen and oxygen atoms in total. The average molecular weight is 218 g/mol. The van der Waals surface area contributed by atoms with Gasteiger partial charge >= 0.3 is 0 Å². The fourth-order valence-electron chi connectivity index (χ4n) is 1.76. The lowest BCUT2D eigenvalue weighted by molar-refractivity contribution is 0.667. The molecule has 1 fully saturated rings. The van der Waals surface area contributed by atoms with Gasteiger partial charge in [-0.1, -0.05) is 6.07 Å². The summed E-state index contributed by atoms with van der Waals surface area (Å²) < 4.78 is 0. The molecule has 1 aromatic rings. The smallest absolute Gasteiger partial charge is 0.0992 e. The van der Waals surface area contributed by atoms with Crippen LogP contribution in [0.3, 0.4) is 0 Å². The van der Waals surface area contributed by atoms with E-state index >= 15 is 0 Å². The molecule has 15 heavy (non-hydrogen) atoms. The summed E-state index contributed by atoms with van der Waals surface area (Å²) in [6, 6.07) is 10.5. The molecular formula is C12H14N2S. The number of nitriles is 1. The van der Waals surface area contributed by atoms with Gasteiger partial charge in [0.1, 0.15) is 0 Å². The largest absolute Gasteiger partial charge is 0.382 e. The highest BCUT2D eigenvalue weighted by Crippen LogP contribution is 2.21. The predicted octanol–water partition coefficient (Wildman–Crippen LogP) is 2.87. The highest BCUT2D eigenvalue weighted by molar-refractivity contribution is 7.99. The fraction of sp³-hybridized carbons (Fsp3) is 0.417. The lowest BCUT2D eigenvalue weighted by Crippen LogP contribution is -2.24. The molecule has 0 amide bonds. The minimum absolute atomic E-state index is 0.584. The third-order valence-corrected chi connectivity index (χ3v) is 3.63. The molecule has 0 radical (unpaired) electrons. The van der Waals surface area contributed by atoms with Gasteiger partial charge in [-0.05, 0) is 42.5 Å². The molecule has 1 N–H and O–H groups in total. The summed E-state index contributed by atoms with van der Waals surface area (Å²) in [5, 5.41) is 12.3. The van der Waals surface area contributed by atoms with Crippen LogP contribution in [0.25, 0.3) is 0 Å². The number of anilines is 1. The van der Waals surface area contributed by atoms with Crippen LogP contribution >= 0.6 is 11.8 Å². The zero-order valence-corrected chi connectivity index (χ0v) is 9.39. The average Bonchev–Trinajstić information content (AvgIpc) is 2.31. The Labute approximate surface area is 94.7 Å². The van der Waals surface area contributed by atoms with E-state index in [1.54, 1.807) is 0 Å². The molecule has 0 atom stereocenters. The summed E-state index contributed by atoms with van der Waals surface area (Å²) in [5.41, 5.74) is 1.80. The molecule has 78 valence electrons. The quantitative estimate of drug-likeness (QED) is 0.829. The number of nitrogens with zero attached hydrogens (tertiary/aromatic N) is 1. The predicted molar refractivity (Wildman–Crippen MR) is 65.1 cm³/mol. The van der Waals surface area contributed by atoms with Gasteiger partial charge in [0.15, 0.2) is 0 Å². The van der Waals surface area contributed by atoms with Crippen LogP contribution in [0.2, 0.25) is 0 Å². The molecule has 1 heterocycles. The van der Waals surface area contributed by atoms with E-state index in [4.69, 9.17) is 5.26 Å². The molecule has 0 saturated carbocycles. The van der Waals surface area contributed by atoms with Gasteiger partial charge in [0, 0.05) is 11.7 Å². The second kappa shape index (κ2) is 5.09. The van der Waals surface area contributed by atoms with Gasteiger partial charge in [0.25, 0.3) is 0 Å². The Morgan fingerprint density at radius 1 is 1.33 bits per heavy atom. The molecule has 1 aromatic carbocycles. The first-order chi connectivity index (χ1) is 7.38. The number of rotatable bonds is 2. The van der Waals surface area contributed by atoms with Gasteiger partial charge in [0.05, 0.1) is 11.6 Å². The molecule has 0 aliphatic carbocycles. The van der Waals surface area contributed by atoms with Crippen molar-refractivity contribution < 1.29 is 0 Å². The van der Waals surface area contributed by atoms with Gasteiger partial charge in [-0.2, -0.15) is 17.0 Å². The van der Waals surface area contributed by atoms with E-state index < -0.39 is 0 Å². The van der Waals surface area contributed by atoms with Gasteiger partial charge in [-0.25, -0.2) is 0 Å². The third-order valence-electron chi connectivity index (χ3n) is 2.58. The van der Waals surface area contributed by atoms with Crippen LogP contribution in [0.1, 0.15) is 18.4 Å². The molecule has 0 spiro atoms. The molecule has 1 aliphatic heterocycles. The van der Waals surface area contributed by atoms with Crippen LogP contribution in [0.5, 0.6) is 0 Å². The summed E-state index contributed by atoms with van der Waals surface area (Å²) >= 11 is 2.02. The van der Waals surface area contributed by atoms with Gasteiger partial charge < -0.3 is 5.32 Å². The van der Waals surface area contributed by atoms with Crippen molar-refractivity contribution in [3.05, 3.63) is 29.8 Å². The summed E-state index contributed by atoms with van der Waals surface area (Å²) in [6.45, 7) is 0. The summed E-state index contributed by atoms with van der Waals surface area (Å²) in [4.78, 5) is 0. The van der Waals surface area contributed by atoms with E-state index in [9.17, 15) is 0 Å². The van der Waals surface area contributed by atoms with Crippen molar-refractivity contribution in [3.63, 3.8) is 0 Å². The lowest BCUT2D eigenvalue weighted by Gasteiger charge is -2.23. The Morgan fingerprint density at radius 3 is 2.87 bits per heavy atom. The van der Waals surface area contributed by atoms with Crippen LogP contribution in [0.4, 0.5) is 5.69 Å². The fourth-order valence-corrected chi connectivity index (χ4v) is 2.86. The second-order valence-electron chi connectivity index (χ2n) is 3.72. The molecular weight excluding hydrogens is 204 g/mol. The topological polar surface area (TPSA) is 35.8 Å². The van der Waals surface area contributed by atoms with Crippen LogP contribution in [-0.4, -0.2) is 17.5 Å². The van der Waals surface area contributed by atoms with Crippen molar-refractivity contribution in [2.24, 2.45) is 0 Å². The van der Waals surface area contributed by atoms with Crippen molar-refractivity contribution in [2.75, 3.05) is 16.8 Å². The Bertz CT molecular complexity index is 364. The Morgan fingerprint density at radius 2 is 2.13 bits per heavy atom. The van der Waals surface area contributed by atoms with Crippen molar-refractivity contribution >= 4 is 17.4 Å². The number of thioether (sulfide) groups is 1. The highest BCUT2D eigenvalue weighted by Gasteiger charge is 2.12. The third kappa shape index (κ3) is 2.90. The molecule has 1 aliphatic rings. The number of hydrogen-bond acceptors (Lipinski definition) is 3. The zero-order chi connectivity index (χ0) is 10.5. The maximum absolute atomic E-state index is 8.79. The molecule has 0 bridgehead atoms. The van der Waals surface area contributed by atoms with Gasteiger partial charge in [0.2, 0.25) is 0 Å². The first-order valence-electron chi connectivity index (χ1n) is 5.23. The van der Waals surface area contributed by atoms with Crippen LogP contribution in [0.15, 0.2) is 24.3 Å². The normalized spacial score (nSPS) is 17.0. The first kappa shape index (κ1) is 10.4. The van der Waals surface area contributed by atoms with Crippen molar-refractivity contribution in [1.29, 1.82) is 5.26 Å². The minimum atomic E-state index is 0.584. The van der Waals surface area contributed by atoms with E-state index in [-0.39, 0.29) is 0 Å². The Hall–Kier alpha value is -1.14. The van der Waals surface area contributed by atoms with E-state index in [0.29, 0.717) is 6.04 Å². The lowest BCUT2D eigenvalue weighted by atomic mass is 10.1. The number of benzene rings is 1. The number of nitrogens with one attached hydrogen (secondary N) is 1. The molecule has 1 saturated heterocycles. The monoisotopic (exact) mass is 218 g/mol. The Kier molecular flexibility index (Phi) is 3.52.